The van der Waals surface area contributed by atoms with Crippen molar-refractivity contribution in [2.45, 2.75) is 18.9 Å². The number of aliphatic hydroxyl groups excluding tert-OH is 1. The number of halogens is 2. The minimum atomic E-state index is -0.812. The van der Waals surface area contributed by atoms with Gasteiger partial charge in [-0.05, 0) is 43.0 Å². The first kappa shape index (κ1) is 16.9. The Morgan fingerprint density at radius 2 is 2.00 bits per heavy atom. The van der Waals surface area contributed by atoms with Crippen LogP contribution in [0.5, 0.6) is 0 Å². The molecule has 1 unspecified atom stereocenters. The lowest BCUT2D eigenvalue weighted by molar-refractivity contribution is -0.120. The minimum Gasteiger partial charge on any atom is -0.387 e. The standard InChI is InChI=1S/C14H19FN2O2.ClH/c15-12-5-3-11(4-6-12)13(18)8-17-14(19)9-16-7-10-1-2-10;/h3-6,10,13,16,18H,1-2,7-9H2,(H,17,19);1H. The molecule has 1 atom stereocenters. The molecule has 0 aromatic heterocycles. The molecule has 0 spiro atoms. The highest BCUT2D eigenvalue weighted by Crippen LogP contribution is 2.27. The third-order valence-electron chi connectivity index (χ3n) is 3.16. The topological polar surface area (TPSA) is 61.4 Å². The lowest BCUT2D eigenvalue weighted by Gasteiger charge is -2.12. The lowest BCUT2D eigenvalue weighted by Crippen LogP contribution is -2.36. The third kappa shape index (κ3) is 5.86. The van der Waals surface area contributed by atoms with Crippen LogP contribution in [0.25, 0.3) is 0 Å². The van der Waals surface area contributed by atoms with Crippen molar-refractivity contribution in [3.63, 3.8) is 0 Å². The fourth-order valence-corrected chi connectivity index (χ4v) is 1.79. The molecule has 1 fully saturated rings. The number of carbonyl (C=O) groups excluding carboxylic acids is 1. The van der Waals surface area contributed by atoms with Crippen molar-refractivity contribution in [1.29, 1.82) is 0 Å². The minimum absolute atomic E-state index is 0. The third-order valence-corrected chi connectivity index (χ3v) is 3.16. The molecule has 1 aliphatic carbocycles. The predicted molar refractivity (Wildman–Crippen MR) is 77.2 cm³/mol. The second kappa shape index (κ2) is 8.19. The molecule has 1 aromatic rings. The van der Waals surface area contributed by atoms with Gasteiger partial charge < -0.3 is 15.7 Å². The van der Waals surface area contributed by atoms with Crippen LogP contribution in [-0.4, -0.2) is 30.6 Å². The van der Waals surface area contributed by atoms with E-state index in [0.717, 1.165) is 12.5 Å². The Bertz CT molecular complexity index is 424. The van der Waals surface area contributed by atoms with E-state index in [9.17, 15) is 14.3 Å². The Labute approximate surface area is 124 Å². The number of rotatable bonds is 7. The number of nitrogens with one attached hydrogen (secondary N) is 2. The van der Waals surface area contributed by atoms with Crippen molar-refractivity contribution in [2.75, 3.05) is 19.6 Å². The first-order valence-electron chi connectivity index (χ1n) is 6.56. The smallest absolute Gasteiger partial charge is 0.234 e. The summed E-state index contributed by atoms with van der Waals surface area (Å²) in [5, 5.41) is 15.5. The average Bonchev–Trinajstić information content (AvgIpc) is 3.21. The zero-order valence-electron chi connectivity index (χ0n) is 11.1. The number of amides is 1. The molecule has 1 aliphatic rings. The van der Waals surface area contributed by atoms with Crippen LogP contribution in [0, 0.1) is 11.7 Å². The fourth-order valence-electron chi connectivity index (χ4n) is 1.79. The largest absolute Gasteiger partial charge is 0.387 e. The summed E-state index contributed by atoms with van der Waals surface area (Å²) in [6, 6.07) is 5.60. The van der Waals surface area contributed by atoms with Gasteiger partial charge in [-0.1, -0.05) is 12.1 Å². The lowest BCUT2D eigenvalue weighted by atomic mass is 10.1. The molecule has 2 rings (SSSR count). The van der Waals surface area contributed by atoms with Crippen LogP contribution in [0.4, 0.5) is 4.39 Å². The fraction of sp³-hybridized carbons (Fsp3) is 0.500. The summed E-state index contributed by atoms with van der Waals surface area (Å²) >= 11 is 0. The molecule has 0 aliphatic heterocycles. The van der Waals surface area contributed by atoms with Crippen molar-refractivity contribution in [3.8, 4) is 0 Å². The molecule has 0 bridgehead atoms. The number of hydrogen-bond donors (Lipinski definition) is 3. The predicted octanol–water partition coefficient (Wildman–Crippen LogP) is 1.40. The van der Waals surface area contributed by atoms with Crippen LogP contribution >= 0.6 is 12.4 Å². The average molecular weight is 303 g/mol. The van der Waals surface area contributed by atoms with E-state index >= 15 is 0 Å². The molecule has 0 saturated heterocycles. The molecule has 112 valence electrons. The zero-order valence-corrected chi connectivity index (χ0v) is 12.0. The molecule has 20 heavy (non-hydrogen) atoms. The highest BCUT2D eigenvalue weighted by Gasteiger charge is 2.20. The Hall–Kier alpha value is -1.17. The van der Waals surface area contributed by atoms with Crippen molar-refractivity contribution in [3.05, 3.63) is 35.6 Å². The molecule has 1 amide bonds. The quantitative estimate of drug-likeness (QED) is 0.713. The molecule has 0 radical (unpaired) electrons. The van der Waals surface area contributed by atoms with Crippen LogP contribution < -0.4 is 10.6 Å². The van der Waals surface area contributed by atoms with Gasteiger partial charge in [-0.15, -0.1) is 12.4 Å². The molecular weight excluding hydrogens is 283 g/mol. The Morgan fingerprint density at radius 3 is 2.60 bits per heavy atom. The molecule has 1 saturated carbocycles. The van der Waals surface area contributed by atoms with Gasteiger partial charge in [0.1, 0.15) is 5.82 Å². The zero-order chi connectivity index (χ0) is 13.7. The summed E-state index contributed by atoms with van der Waals surface area (Å²) in [4.78, 5) is 11.5. The van der Waals surface area contributed by atoms with Gasteiger partial charge >= 0.3 is 0 Å². The number of carbonyl (C=O) groups is 1. The maximum absolute atomic E-state index is 12.7. The summed E-state index contributed by atoms with van der Waals surface area (Å²) in [6.45, 7) is 1.29. The Balaban J connectivity index is 0.00000200. The maximum atomic E-state index is 12.7. The number of hydrogen-bond acceptors (Lipinski definition) is 3. The highest BCUT2D eigenvalue weighted by molar-refractivity contribution is 5.85. The first-order chi connectivity index (χ1) is 9.15. The van der Waals surface area contributed by atoms with Crippen molar-refractivity contribution < 1.29 is 14.3 Å². The van der Waals surface area contributed by atoms with Crippen LogP contribution in [0.15, 0.2) is 24.3 Å². The van der Waals surface area contributed by atoms with Gasteiger partial charge in [0.25, 0.3) is 0 Å². The highest BCUT2D eigenvalue weighted by atomic mass is 35.5. The van der Waals surface area contributed by atoms with Gasteiger partial charge in [0.05, 0.1) is 12.6 Å². The van der Waals surface area contributed by atoms with Crippen LogP contribution in [0.1, 0.15) is 24.5 Å². The monoisotopic (exact) mass is 302 g/mol. The van der Waals surface area contributed by atoms with Gasteiger partial charge in [-0.3, -0.25) is 4.79 Å². The molecule has 6 heteroatoms. The van der Waals surface area contributed by atoms with Gasteiger partial charge in [-0.25, -0.2) is 4.39 Å². The van der Waals surface area contributed by atoms with Crippen LogP contribution in [-0.2, 0) is 4.79 Å². The van der Waals surface area contributed by atoms with E-state index in [0.29, 0.717) is 5.56 Å². The molecule has 3 N–H and O–H groups in total. The molecule has 0 heterocycles. The summed E-state index contributed by atoms with van der Waals surface area (Å²) in [5.41, 5.74) is 0.590. The number of benzene rings is 1. The van der Waals surface area contributed by atoms with Gasteiger partial charge in [0.2, 0.25) is 5.91 Å². The van der Waals surface area contributed by atoms with Crippen molar-refractivity contribution >= 4 is 18.3 Å². The Morgan fingerprint density at radius 1 is 1.35 bits per heavy atom. The maximum Gasteiger partial charge on any atom is 0.234 e. The van der Waals surface area contributed by atoms with E-state index in [1.54, 1.807) is 0 Å². The molecule has 1 aromatic carbocycles. The van der Waals surface area contributed by atoms with E-state index < -0.39 is 6.10 Å². The van der Waals surface area contributed by atoms with Crippen LogP contribution in [0.3, 0.4) is 0 Å². The Kier molecular flexibility index (Phi) is 6.91. The van der Waals surface area contributed by atoms with E-state index in [-0.39, 0.29) is 37.2 Å². The molecular formula is C14H20ClFN2O2. The van der Waals surface area contributed by atoms with E-state index in [2.05, 4.69) is 10.6 Å². The summed E-state index contributed by atoms with van der Waals surface area (Å²) in [6.07, 6.45) is 1.68. The normalized spacial score (nSPS) is 15.3. The summed E-state index contributed by atoms with van der Waals surface area (Å²) < 4.78 is 12.7. The second-order valence-electron chi connectivity index (χ2n) is 4.95. The van der Waals surface area contributed by atoms with Crippen molar-refractivity contribution in [2.24, 2.45) is 5.92 Å². The van der Waals surface area contributed by atoms with E-state index in [1.807, 2.05) is 0 Å². The van der Waals surface area contributed by atoms with Gasteiger partial charge in [0.15, 0.2) is 0 Å². The SMILES string of the molecule is Cl.O=C(CNCC1CC1)NCC(O)c1ccc(F)cc1. The van der Waals surface area contributed by atoms with Crippen molar-refractivity contribution in [1.82, 2.24) is 10.6 Å². The summed E-state index contributed by atoms with van der Waals surface area (Å²) in [7, 11) is 0. The number of aliphatic hydroxyl groups is 1. The van der Waals surface area contributed by atoms with Crippen LogP contribution in [0.2, 0.25) is 0 Å². The molecule has 4 nitrogen and oxygen atoms in total. The first-order valence-corrected chi connectivity index (χ1v) is 6.56. The van der Waals surface area contributed by atoms with E-state index in [4.69, 9.17) is 0 Å². The second-order valence-corrected chi connectivity index (χ2v) is 4.95. The van der Waals surface area contributed by atoms with Gasteiger partial charge in [0, 0.05) is 6.54 Å². The van der Waals surface area contributed by atoms with Gasteiger partial charge in [-0.2, -0.15) is 0 Å². The van der Waals surface area contributed by atoms with E-state index in [1.165, 1.54) is 37.1 Å². The summed E-state index contributed by atoms with van der Waals surface area (Å²) in [5.74, 6) is 0.253.